The van der Waals surface area contributed by atoms with Gasteiger partial charge in [0, 0.05) is 0 Å². The van der Waals surface area contributed by atoms with E-state index in [1.54, 1.807) is 6.07 Å². The molecule has 1 heterocycles. The standard InChI is InChI=1S/C13H13FN2O3/c1-7-2-3-8(19-7)6-16-12-5-10(14)9(13(17)18)4-11(12)15/h2-5,16H,6,15H2,1H3,(H,17,18). The second kappa shape index (κ2) is 5.01. The van der Waals surface area contributed by atoms with E-state index in [4.69, 9.17) is 15.3 Å². The SMILES string of the molecule is Cc1ccc(CNc2cc(F)c(C(=O)O)cc2N)o1. The van der Waals surface area contributed by atoms with Gasteiger partial charge in [0.2, 0.25) is 0 Å². The van der Waals surface area contributed by atoms with Crippen molar-refractivity contribution < 1.29 is 18.7 Å². The number of carboxylic acids is 1. The third-order valence-electron chi connectivity index (χ3n) is 2.62. The van der Waals surface area contributed by atoms with Crippen molar-refractivity contribution in [3.8, 4) is 0 Å². The molecule has 0 amide bonds. The zero-order valence-electron chi connectivity index (χ0n) is 10.2. The van der Waals surface area contributed by atoms with E-state index in [0.29, 0.717) is 18.0 Å². The number of halogens is 1. The van der Waals surface area contributed by atoms with Gasteiger partial charge in [-0.15, -0.1) is 0 Å². The maximum atomic E-state index is 13.5. The molecule has 5 nitrogen and oxygen atoms in total. The third kappa shape index (κ3) is 2.85. The summed E-state index contributed by atoms with van der Waals surface area (Å²) in [6.45, 7) is 2.16. The Labute approximate surface area is 108 Å². The Morgan fingerprint density at radius 2 is 2.21 bits per heavy atom. The maximum absolute atomic E-state index is 13.5. The molecule has 0 saturated heterocycles. The monoisotopic (exact) mass is 264 g/mol. The van der Waals surface area contributed by atoms with Gasteiger partial charge in [-0.3, -0.25) is 0 Å². The fraction of sp³-hybridized carbons (Fsp3) is 0.154. The van der Waals surface area contributed by atoms with Crippen molar-refractivity contribution in [1.29, 1.82) is 0 Å². The van der Waals surface area contributed by atoms with E-state index in [2.05, 4.69) is 5.32 Å². The van der Waals surface area contributed by atoms with Gasteiger partial charge in [0.1, 0.15) is 17.3 Å². The lowest BCUT2D eigenvalue weighted by atomic mass is 10.1. The number of anilines is 2. The summed E-state index contributed by atoms with van der Waals surface area (Å²) in [4.78, 5) is 10.7. The fourth-order valence-electron chi connectivity index (χ4n) is 1.67. The summed E-state index contributed by atoms with van der Waals surface area (Å²) >= 11 is 0. The first-order chi connectivity index (χ1) is 8.97. The lowest BCUT2D eigenvalue weighted by Gasteiger charge is -2.09. The number of aromatic carboxylic acids is 1. The topological polar surface area (TPSA) is 88.5 Å². The van der Waals surface area contributed by atoms with E-state index < -0.39 is 17.3 Å². The molecule has 0 aliphatic carbocycles. The Balaban J connectivity index is 2.17. The van der Waals surface area contributed by atoms with E-state index in [1.165, 1.54) is 0 Å². The Morgan fingerprint density at radius 1 is 1.47 bits per heavy atom. The second-order valence-electron chi connectivity index (χ2n) is 4.09. The van der Waals surface area contributed by atoms with E-state index >= 15 is 0 Å². The number of hydrogen-bond donors (Lipinski definition) is 3. The number of aryl methyl sites for hydroxylation is 1. The molecule has 0 unspecified atom stereocenters. The van der Waals surface area contributed by atoms with Crippen LogP contribution in [0, 0.1) is 12.7 Å². The Kier molecular flexibility index (Phi) is 3.41. The van der Waals surface area contributed by atoms with E-state index in [1.807, 2.05) is 13.0 Å². The van der Waals surface area contributed by atoms with Crippen molar-refractivity contribution in [2.24, 2.45) is 0 Å². The highest BCUT2D eigenvalue weighted by Crippen LogP contribution is 2.24. The summed E-state index contributed by atoms with van der Waals surface area (Å²) in [5.74, 6) is -0.728. The van der Waals surface area contributed by atoms with Crippen LogP contribution in [-0.2, 0) is 6.54 Å². The summed E-state index contributed by atoms with van der Waals surface area (Å²) in [7, 11) is 0. The molecule has 1 aromatic heterocycles. The predicted molar refractivity (Wildman–Crippen MR) is 68.5 cm³/mol. The molecular weight excluding hydrogens is 251 g/mol. The van der Waals surface area contributed by atoms with Gasteiger partial charge in [-0.1, -0.05) is 0 Å². The molecule has 6 heteroatoms. The molecule has 0 bridgehead atoms. The van der Waals surface area contributed by atoms with E-state index in [0.717, 1.165) is 17.9 Å². The first-order valence-corrected chi connectivity index (χ1v) is 5.59. The third-order valence-corrected chi connectivity index (χ3v) is 2.62. The summed E-state index contributed by atoms with van der Waals surface area (Å²) < 4.78 is 18.9. The minimum absolute atomic E-state index is 0.169. The molecule has 19 heavy (non-hydrogen) atoms. The van der Waals surface area contributed by atoms with Gasteiger partial charge < -0.3 is 20.6 Å². The normalized spacial score (nSPS) is 10.4. The van der Waals surface area contributed by atoms with Gasteiger partial charge in [0.25, 0.3) is 0 Å². The average Bonchev–Trinajstić information content (AvgIpc) is 2.75. The van der Waals surface area contributed by atoms with Crippen molar-refractivity contribution in [3.63, 3.8) is 0 Å². The number of benzene rings is 1. The van der Waals surface area contributed by atoms with Crippen LogP contribution < -0.4 is 11.1 Å². The molecule has 2 aromatic rings. The molecule has 2 rings (SSSR count). The highest BCUT2D eigenvalue weighted by atomic mass is 19.1. The molecule has 1 aromatic carbocycles. The molecule has 100 valence electrons. The van der Waals surface area contributed by atoms with Crippen LogP contribution in [0.3, 0.4) is 0 Å². The van der Waals surface area contributed by atoms with E-state index in [-0.39, 0.29) is 5.69 Å². The highest BCUT2D eigenvalue weighted by Gasteiger charge is 2.13. The molecule has 0 aliphatic heterocycles. The van der Waals surface area contributed by atoms with Gasteiger partial charge in [0.05, 0.1) is 23.5 Å². The molecule has 4 N–H and O–H groups in total. The smallest absolute Gasteiger partial charge is 0.338 e. The molecule has 0 radical (unpaired) electrons. The summed E-state index contributed by atoms with van der Waals surface area (Å²) in [6.07, 6.45) is 0. The maximum Gasteiger partial charge on any atom is 0.338 e. The first kappa shape index (κ1) is 12.9. The number of furan rings is 1. The summed E-state index contributed by atoms with van der Waals surface area (Å²) in [5.41, 5.74) is 5.73. The van der Waals surface area contributed by atoms with Crippen molar-refractivity contribution in [2.45, 2.75) is 13.5 Å². The van der Waals surface area contributed by atoms with Crippen molar-refractivity contribution in [2.75, 3.05) is 11.1 Å². The minimum Gasteiger partial charge on any atom is -0.478 e. The lowest BCUT2D eigenvalue weighted by molar-refractivity contribution is 0.0692. The van der Waals surface area contributed by atoms with Gasteiger partial charge in [0.15, 0.2) is 0 Å². The number of carbonyl (C=O) groups is 1. The second-order valence-corrected chi connectivity index (χ2v) is 4.09. The van der Waals surface area contributed by atoms with Crippen LogP contribution in [0.5, 0.6) is 0 Å². The lowest BCUT2D eigenvalue weighted by Crippen LogP contribution is -2.07. The van der Waals surface area contributed by atoms with Crippen molar-refractivity contribution >= 4 is 17.3 Å². The molecule has 0 atom stereocenters. The van der Waals surface area contributed by atoms with Crippen LogP contribution in [0.25, 0.3) is 0 Å². The first-order valence-electron chi connectivity index (χ1n) is 5.59. The number of carboxylic acid groups (broad SMARTS) is 1. The van der Waals surface area contributed by atoms with Crippen LogP contribution in [0.15, 0.2) is 28.7 Å². The van der Waals surface area contributed by atoms with Crippen LogP contribution >= 0.6 is 0 Å². The van der Waals surface area contributed by atoms with Gasteiger partial charge in [-0.25, -0.2) is 9.18 Å². The van der Waals surface area contributed by atoms with Crippen LogP contribution in [-0.4, -0.2) is 11.1 Å². The minimum atomic E-state index is -1.35. The summed E-state index contributed by atoms with van der Waals surface area (Å²) in [5, 5.41) is 11.7. The van der Waals surface area contributed by atoms with Crippen molar-refractivity contribution in [3.05, 3.63) is 47.2 Å². The largest absolute Gasteiger partial charge is 0.478 e. The molecular formula is C13H13FN2O3. The molecule has 0 fully saturated rings. The number of nitrogens with one attached hydrogen (secondary N) is 1. The molecule has 0 spiro atoms. The molecule has 0 aliphatic rings. The molecule has 0 saturated carbocycles. The van der Waals surface area contributed by atoms with Crippen LogP contribution in [0.4, 0.5) is 15.8 Å². The average molecular weight is 264 g/mol. The highest BCUT2D eigenvalue weighted by molar-refractivity contribution is 5.90. The van der Waals surface area contributed by atoms with Gasteiger partial charge in [-0.05, 0) is 31.2 Å². The zero-order valence-corrected chi connectivity index (χ0v) is 10.2. The summed E-state index contributed by atoms with van der Waals surface area (Å²) in [6, 6.07) is 5.76. The number of hydrogen-bond acceptors (Lipinski definition) is 4. The van der Waals surface area contributed by atoms with Crippen LogP contribution in [0.2, 0.25) is 0 Å². The Hall–Kier alpha value is -2.50. The Bertz CT molecular complexity index is 622. The zero-order chi connectivity index (χ0) is 14.0. The van der Waals surface area contributed by atoms with Crippen molar-refractivity contribution in [1.82, 2.24) is 0 Å². The fourth-order valence-corrected chi connectivity index (χ4v) is 1.67. The van der Waals surface area contributed by atoms with Gasteiger partial charge >= 0.3 is 5.97 Å². The van der Waals surface area contributed by atoms with E-state index in [9.17, 15) is 9.18 Å². The Morgan fingerprint density at radius 3 is 2.79 bits per heavy atom. The number of rotatable bonds is 4. The number of nitrogen functional groups attached to an aromatic ring is 1. The van der Waals surface area contributed by atoms with Gasteiger partial charge in [-0.2, -0.15) is 0 Å². The quantitative estimate of drug-likeness (QED) is 0.739. The predicted octanol–water partition coefficient (Wildman–Crippen LogP) is 2.62. The number of nitrogens with two attached hydrogens (primary N) is 1. The van der Waals surface area contributed by atoms with Crippen LogP contribution in [0.1, 0.15) is 21.9 Å².